The Bertz CT molecular complexity index is 481. The lowest BCUT2D eigenvalue weighted by molar-refractivity contribution is -0.121. The van der Waals surface area contributed by atoms with Crippen molar-refractivity contribution in [1.82, 2.24) is 20.5 Å². The molecule has 0 saturated heterocycles. The Morgan fingerprint density at radius 3 is 2.83 bits per heavy atom. The summed E-state index contributed by atoms with van der Waals surface area (Å²) >= 11 is 0. The van der Waals surface area contributed by atoms with Crippen molar-refractivity contribution < 1.29 is 4.79 Å². The van der Waals surface area contributed by atoms with E-state index in [9.17, 15) is 4.79 Å². The fourth-order valence-corrected chi connectivity index (χ4v) is 1.71. The number of benzene rings is 1. The van der Waals surface area contributed by atoms with Crippen LogP contribution < -0.4 is 5.32 Å². The number of aryl methyl sites for hydroxylation is 1. The quantitative estimate of drug-likeness (QED) is 0.839. The van der Waals surface area contributed by atoms with Crippen LogP contribution in [0.1, 0.15) is 30.8 Å². The van der Waals surface area contributed by atoms with Crippen LogP contribution in [0, 0.1) is 0 Å². The van der Waals surface area contributed by atoms with Crippen LogP contribution in [0.25, 0.3) is 0 Å². The summed E-state index contributed by atoms with van der Waals surface area (Å²) in [4.78, 5) is 15.8. The molecule has 1 atom stereocenters. The molecule has 0 bridgehead atoms. The van der Waals surface area contributed by atoms with Gasteiger partial charge in [-0.15, -0.1) is 0 Å². The lowest BCUT2D eigenvalue weighted by Crippen LogP contribution is -2.27. The first-order valence-corrected chi connectivity index (χ1v) is 5.94. The number of carbonyl (C=O) groups excluding carboxylic acids is 1. The molecule has 0 fully saturated rings. The fourth-order valence-electron chi connectivity index (χ4n) is 1.71. The highest BCUT2D eigenvalue weighted by Crippen LogP contribution is 2.06. The third-order valence-corrected chi connectivity index (χ3v) is 2.70. The summed E-state index contributed by atoms with van der Waals surface area (Å²) in [5, 5.41) is 9.38. The lowest BCUT2D eigenvalue weighted by atomic mass is 10.1. The topological polar surface area (TPSA) is 70.7 Å². The molecular weight excluding hydrogens is 228 g/mol. The molecule has 0 saturated carbocycles. The molecule has 5 heteroatoms. The van der Waals surface area contributed by atoms with Crippen molar-refractivity contribution in [3.05, 3.63) is 48.0 Å². The van der Waals surface area contributed by atoms with Gasteiger partial charge >= 0.3 is 0 Å². The van der Waals surface area contributed by atoms with Crippen molar-refractivity contribution in [1.29, 1.82) is 0 Å². The third kappa shape index (κ3) is 3.41. The molecule has 1 heterocycles. The van der Waals surface area contributed by atoms with Gasteiger partial charge in [0.25, 0.3) is 0 Å². The molecule has 1 unspecified atom stereocenters. The molecule has 0 aliphatic carbocycles. The van der Waals surface area contributed by atoms with E-state index in [1.807, 2.05) is 37.3 Å². The molecule has 1 aromatic heterocycles. The zero-order valence-electron chi connectivity index (χ0n) is 10.3. The van der Waals surface area contributed by atoms with Crippen molar-refractivity contribution in [3.8, 4) is 0 Å². The molecular formula is C13H16N4O. The Hall–Kier alpha value is -2.17. The van der Waals surface area contributed by atoms with Gasteiger partial charge in [-0.3, -0.25) is 9.89 Å². The first kappa shape index (κ1) is 12.3. The van der Waals surface area contributed by atoms with Crippen molar-refractivity contribution in [2.24, 2.45) is 0 Å². The summed E-state index contributed by atoms with van der Waals surface area (Å²) in [5.41, 5.74) is 1.17. The van der Waals surface area contributed by atoms with E-state index < -0.39 is 0 Å². The highest BCUT2D eigenvalue weighted by molar-refractivity contribution is 5.76. The van der Waals surface area contributed by atoms with Gasteiger partial charge in [0.2, 0.25) is 5.91 Å². The molecule has 0 aliphatic heterocycles. The number of rotatable bonds is 5. The zero-order valence-corrected chi connectivity index (χ0v) is 10.3. The average molecular weight is 244 g/mol. The second-order valence-corrected chi connectivity index (χ2v) is 4.15. The molecule has 1 amide bonds. The smallest absolute Gasteiger partial charge is 0.220 e. The van der Waals surface area contributed by atoms with Gasteiger partial charge in [0, 0.05) is 6.42 Å². The number of carbonyl (C=O) groups is 1. The Kier molecular flexibility index (Phi) is 4.06. The molecule has 94 valence electrons. The molecule has 0 spiro atoms. The van der Waals surface area contributed by atoms with Crippen LogP contribution in [0.15, 0.2) is 36.7 Å². The predicted molar refractivity (Wildman–Crippen MR) is 67.7 cm³/mol. The minimum atomic E-state index is -0.143. The fraction of sp³-hybridized carbons (Fsp3) is 0.308. The molecule has 0 radical (unpaired) electrons. The first-order chi connectivity index (χ1) is 8.75. The van der Waals surface area contributed by atoms with E-state index >= 15 is 0 Å². The maximum absolute atomic E-state index is 11.7. The van der Waals surface area contributed by atoms with Crippen LogP contribution in [0.2, 0.25) is 0 Å². The van der Waals surface area contributed by atoms with Crippen molar-refractivity contribution in [2.45, 2.75) is 25.8 Å². The van der Waals surface area contributed by atoms with Crippen LogP contribution in [-0.2, 0) is 11.2 Å². The number of aromatic amines is 1. The second-order valence-electron chi connectivity index (χ2n) is 4.15. The highest BCUT2D eigenvalue weighted by Gasteiger charge is 2.11. The third-order valence-electron chi connectivity index (χ3n) is 2.70. The number of nitrogens with zero attached hydrogens (tertiary/aromatic N) is 2. The second kappa shape index (κ2) is 5.95. The van der Waals surface area contributed by atoms with Crippen molar-refractivity contribution in [2.75, 3.05) is 0 Å². The van der Waals surface area contributed by atoms with E-state index in [-0.39, 0.29) is 11.9 Å². The van der Waals surface area contributed by atoms with Crippen molar-refractivity contribution >= 4 is 5.91 Å². The Morgan fingerprint density at radius 2 is 2.17 bits per heavy atom. The van der Waals surface area contributed by atoms with E-state index in [1.54, 1.807) is 0 Å². The first-order valence-electron chi connectivity index (χ1n) is 5.94. The zero-order chi connectivity index (χ0) is 12.8. The Balaban J connectivity index is 1.79. The van der Waals surface area contributed by atoms with Gasteiger partial charge in [-0.05, 0) is 18.9 Å². The summed E-state index contributed by atoms with van der Waals surface area (Å²) in [7, 11) is 0. The molecule has 5 nitrogen and oxygen atoms in total. The van der Waals surface area contributed by atoms with Crippen LogP contribution >= 0.6 is 0 Å². The summed E-state index contributed by atoms with van der Waals surface area (Å²) in [6, 6.07) is 9.82. The predicted octanol–water partition coefficient (Wildman–Crippen LogP) is 1.61. The maximum Gasteiger partial charge on any atom is 0.220 e. The summed E-state index contributed by atoms with van der Waals surface area (Å²) in [6.45, 7) is 1.88. The van der Waals surface area contributed by atoms with Gasteiger partial charge < -0.3 is 5.32 Å². The highest BCUT2D eigenvalue weighted by atomic mass is 16.1. The number of nitrogens with one attached hydrogen (secondary N) is 2. The Morgan fingerprint density at radius 1 is 1.39 bits per heavy atom. The molecule has 1 aromatic carbocycles. The molecule has 0 aliphatic rings. The van der Waals surface area contributed by atoms with E-state index in [0.717, 1.165) is 6.42 Å². The van der Waals surface area contributed by atoms with E-state index in [0.29, 0.717) is 12.2 Å². The maximum atomic E-state index is 11.7. The van der Waals surface area contributed by atoms with Crippen LogP contribution in [-0.4, -0.2) is 21.1 Å². The standard InChI is InChI=1S/C13H16N4O/c1-10(13-14-9-15-17-13)16-12(18)8-7-11-5-3-2-4-6-11/h2-6,9-10H,7-8H2,1H3,(H,16,18)(H,14,15,17). The van der Waals surface area contributed by atoms with E-state index in [1.165, 1.54) is 11.9 Å². The summed E-state index contributed by atoms with van der Waals surface area (Å²) in [6.07, 6.45) is 2.65. The minimum Gasteiger partial charge on any atom is -0.346 e. The lowest BCUT2D eigenvalue weighted by Gasteiger charge is -2.10. The van der Waals surface area contributed by atoms with E-state index in [4.69, 9.17) is 0 Å². The van der Waals surface area contributed by atoms with Gasteiger partial charge in [-0.25, -0.2) is 4.98 Å². The Labute approximate surface area is 106 Å². The van der Waals surface area contributed by atoms with E-state index in [2.05, 4.69) is 20.5 Å². The van der Waals surface area contributed by atoms with Gasteiger partial charge in [-0.2, -0.15) is 5.10 Å². The van der Waals surface area contributed by atoms with Crippen LogP contribution in [0.3, 0.4) is 0 Å². The summed E-state index contributed by atoms with van der Waals surface area (Å²) < 4.78 is 0. The normalized spacial score (nSPS) is 12.1. The number of amides is 1. The van der Waals surface area contributed by atoms with Gasteiger partial charge in [0.1, 0.15) is 12.2 Å². The van der Waals surface area contributed by atoms with Crippen molar-refractivity contribution in [3.63, 3.8) is 0 Å². The van der Waals surface area contributed by atoms with Crippen LogP contribution in [0.4, 0.5) is 0 Å². The number of hydrogen-bond donors (Lipinski definition) is 2. The molecule has 2 aromatic rings. The largest absolute Gasteiger partial charge is 0.346 e. The van der Waals surface area contributed by atoms with Gasteiger partial charge in [0.15, 0.2) is 0 Å². The molecule has 2 N–H and O–H groups in total. The van der Waals surface area contributed by atoms with Crippen LogP contribution in [0.5, 0.6) is 0 Å². The SMILES string of the molecule is CC(NC(=O)CCc1ccccc1)c1ncn[nH]1. The number of hydrogen-bond acceptors (Lipinski definition) is 3. The molecule has 2 rings (SSSR count). The van der Waals surface area contributed by atoms with Gasteiger partial charge in [0.05, 0.1) is 6.04 Å². The minimum absolute atomic E-state index is 0.0164. The molecule has 18 heavy (non-hydrogen) atoms. The monoisotopic (exact) mass is 244 g/mol. The van der Waals surface area contributed by atoms with Gasteiger partial charge in [-0.1, -0.05) is 30.3 Å². The average Bonchev–Trinajstić information content (AvgIpc) is 2.91. The number of aromatic nitrogens is 3. The number of H-pyrrole nitrogens is 1. The summed E-state index contributed by atoms with van der Waals surface area (Å²) in [5.74, 6) is 0.686.